The lowest BCUT2D eigenvalue weighted by Crippen LogP contribution is -2.57. The lowest BCUT2D eigenvalue weighted by atomic mass is 10.2. The lowest BCUT2D eigenvalue weighted by Gasteiger charge is -2.37. The van der Waals surface area contributed by atoms with E-state index in [-0.39, 0.29) is 17.8 Å². The van der Waals surface area contributed by atoms with E-state index in [1.54, 1.807) is 11.2 Å². The normalized spacial score (nSPS) is 31.9. The van der Waals surface area contributed by atoms with Crippen molar-refractivity contribution in [2.75, 3.05) is 18.8 Å². The molecule has 0 radical (unpaired) electrons. The van der Waals surface area contributed by atoms with Gasteiger partial charge in [-0.25, -0.2) is 8.42 Å². The van der Waals surface area contributed by atoms with E-state index in [2.05, 4.69) is 5.32 Å². The number of nitrogens with zero attached hydrogens (tertiary/aromatic N) is 1. The minimum Gasteiger partial charge on any atom is -0.314 e. The summed E-state index contributed by atoms with van der Waals surface area (Å²) in [6, 6.07) is 0.155. The fraction of sp³-hybridized carbons (Fsp3) is 1.00. The highest BCUT2D eigenvalue weighted by atomic mass is 32.2. The molecule has 0 amide bonds. The van der Waals surface area contributed by atoms with Gasteiger partial charge in [0.05, 0.1) is 5.75 Å². The summed E-state index contributed by atoms with van der Waals surface area (Å²) in [5.41, 5.74) is 0. The van der Waals surface area contributed by atoms with Crippen LogP contribution in [-0.2, 0) is 10.0 Å². The Hall–Kier alpha value is -0.130. The van der Waals surface area contributed by atoms with Gasteiger partial charge in [-0.1, -0.05) is 0 Å². The van der Waals surface area contributed by atoms with Gasteiger partial charge >= 0.3 is 0 Å². The molecule has 1 aliphatic rings. The predicted octanol–water partition coefficient (Wildman–Crippen LogP) is 0.0183. The third-order valence-corrected chi connectivity index (χ3v) is 4.53. The molecule has 0 spiro atoms. The number of hydrogen-bond acceptors (Lipinski definition) is 3. The fourth-order valence-corrected chi connectivity index (χ4v) is 3.36. The van der Waals surface area contributed by atoms with E-state index in [0.717, 1.165) is 13.1 Å². The summed E-state index contributed by atoms with van der Waals surface area (Å²) in [6.07, 6.45) is 0. The van der Waals surface area contributed by atoms with Crippen LogP contribution in [-0.4, -0.2) is 43.6 Å². The Morgan fingerprint density at radius 1 is 1.31 bits per heavy atom. The average Bonchev–Trinajstić information content (AvgIpc) is 2.03. The molecule has 0 aromatic carbocycles. The molecule has 2 unspecified atom stereocenters. The van der Waals surface area contributed by atoms with Crippen LogP contribution in [0.15, 0.2) is 0 Å². The number of rotatable bonds is 2. The molecule has 4 nitrogen and oxygen atoms in total. The van der Waals surface area contributed by atoms with Crippen molar-refractivity contribution in [3.05, 3.63) is 0 Å². The maximum absolute atomic E-state index is 11.7. The lowest BCUT2D eigenvalue weighted by molar-refractivity contribution is 0.220. The first kappa shape index (κ1) is 10.9. The van der Waals surface area contributed by atoms with Crippen LogP contribution < -0.4 is 5.32 Å². The molecule has 1 aliphatic heterocycles. The molecule has 13 heavy (non-hydrogen) atoms. The van der Waals surface area contributed by atoms with E-state index < -0.39 is 10.0 Å². The van der Waals surface area contributed by atoms with E-state index in [4.69, 9.17) is 0 Å². The van der Waals surface area contributed by atoms with E-state index in [0.29, 0.717) is 0 Å². The molecule has 1 fully saturated rings. The van der Waals surface area contributed by atoms with Gasteiger partial charge in [0, 0.05) is 25.2 Å². The summed E-state index contributed by atoms with van der Waals surface area (Å²) in [5.74, 6) is 0.196. The highest BCUT2D eigenvalue weighted by Crippen LogP contribution is 2.15. The van der Waals surface area contributed by atoms with Gasteiger partial charge in [-0.15, -0.1) is 0 Å². The topological polar surface area (TPSA) is 49.4 Å². The van der Waals surface area contributed by atoms with Gasteiger partial charge in [0.25, 0.3) is 0 Å². The minimum absolute atomic E-state index is 0.0775. The average molecular weight is 206 g/mol. The molecule has 5 heteroatoms. The van der Waals surface area contributed by atoms with Crippen molar-refractivity contribution >= 4 is 10.0 Å². The van der Waals surface area contributed by atoms with Crippen molar-refractivity contribution in [2.45, 2.75) is 32.9 Å². The zero-order chi connectivity index (χ0) is 10.1. The standard InChI is InChI=1S/C8H18N2O2S/c1-4-13(11,12)10-7(2)5-9-6-8(10)3/h7-9H,4-6H2,1-3H3. The van der Waals surface area contributed by atoms with Gasteiger partial charge in [0.1, 0.15) is 0 Å². The molecule has 1 N–H and O–H groups in total. The van der Waals surface area contributed by atoms with Crippen LogP contribution in [0.1, 0.15) is 20.8 Å². The molecular weight excluding hydrogens is 188 g/mol. The van der Waals surface area contributed by atoms with Crippen LogP contribution in [0.2, 0.25) is 0 Å². The fourth-order valence-electron chi connectivity index (χ4n) is 1.81. The molecule has 0 aromatic heterocycles. The Labute approximate surface area is 80.4 Å². The molecule has 1 saturated heterocycles. The quantitative estimate of drug-likeness (QED) is 0.693. The van der Waals surface area contributed by atoms with E-state index in [1.165, 1.54) is 0 Å². The summed E-state index contributed by atoms with van der Waals surface area (Å²) < 4.78 is 25.0. The SMILES string of the molecule is CCS(=O)(=O)N1C(C)CNCC1C. The van der Waals surface area contributed by atoms with E-state index >= 15 is 0 Å². The van der Waals surface area contributed by atoms with Gasteiger partial charge in [-0.05, 0) is 20.8 Å². The largest absolute Gasteiger partial charge is 0.314 e. The van der Waals surface area contributed by atoms with Crippen molar-refractivity contribution in [3.63, 3.8) is 0 Å². The Balaban J connectivity index is 2.86. The monoisotopic (exact) mass is 206 g/mol. The molecule has 1 heterocycles. The Morgan fingerprint density at radius 3 is 2.15 bits per heavy atom. The van der Waals surface area contributed by atoms with Gasteiger partial charge in [0.15, 0.2) is 0 Å². The zero-order valence-electron chi connectivity index (χ0n) is 8.45. The second kappa shape index (κ2) is 3.94. The smallest absolute Gasteiger partial charge is 0.214 e. The number of hydrogen-bond donors (Lipinski definition) is 1. The minimum atomic E-state index is -3.03. The van der Waals surface area contributed by atoms with Gasteiger partial charge in [-0.2, -0.15) is 4.31 Å². The second-order valence-corrected chi connectivity index (χ2v) is 5.75. The highest BCUT2D eigenvalue weighted by molar-refractivity contribution is 7.89. The molecule has 0 aliphatic carbocycles. The number of piperazine rings is 1. The first-order chi connectivity index (χ1) is 5.99. The Morgan fingerprint density at radius 2 is 1.77 bits per heavy atom. The van der Waals surface area contributed by atoms with E-state index in [9.17, 15) is 8.42 Å². The molecule has 78 valence electrons. The second-order valence-electron chi connectivity index (χ2n) is 3.59. The van der Waals surface area contributed by atoms with E-state index in [1.807, 2.05) is 13.8 Å². The third-order valence-electron chi connectivity index (χ3n) is 2.43. The van der Waals surface area contributed by atoms with Crippen molar-refractivity contribution in [3.8, 4) is 0 Å². The van der Waals surface area contributed by atoms with Crippen LogP contribution in [0, 0.1) is 0 Å². The van der Waals surface area contributed by atoms with Gasteiger partial charge in [-0.3, -0.25) is 0 Å². The van der Waals surface area contributed by atoms with Crippen LogP contribution in [0.4, 0.5) is 0 Å². The summed E-state index contributed by atoms with van der Waals surface area (Å²) in [5, 5.41) is 3.20. The molecular formula is C8H18N2O2S. The molecule has 1 rings (SSSR count). The number of sulfonamides is 1. The highest BCUT2D eigenvalue weighted by Gasteiger charge is 2.32. The summed E-state index contributed by atoms with van der Waals surface area (Å²) in [6.45, 7) is 7.08. The van der Waals surface area contributed by atoms with Gasteiger partial charge in [0.2, 0.25) is 10.0 Å². The van der Waals surface area contributed by atoms with Crippen molar-refractivity contribution in [2.24, 2.45) is 0 Å². The summed E-state index contributed by atoms with van der Waals surface area (Å²) >= 11 is 0. The summed E-state index contributed by atoms with van der Waals surface area (Å²) in [4.78, 5) is 0. The Kier molecular flexibility index (Phi) is 3.32. The molecule has 0 bridgehead atoms. The van der Waals surface area contributed by atoms with Crippen LogP contribution >= 0.6 is 0 Å². The van der Waals surface area contributed by atoms with Crippen LogP contribution in [0.5, 0.6) is 0 Å². The van der Waals surface area contributed by atoms with Crippen LogP contribution in [0.25, 0.3) is 0 Å². The number of nitrogens with one attached hydrogen (secondary N) is 1. The van der Waals surface area contributed by atoms with Crippen molar-refractivity contribution < 1.29 is 8.42 Å². The molecule has 0 aromatic rings. The van der Waals surface area contributed by atoms with Crippen molar-refractivity contribution in [1.29, 1.82) is 0 Å². The first-order valence-electron chi connectivity index (χ1n) is 4.71. The maximum Gasteiger partial charge on any atom is 0.214 e. The Bertz CT molecular complexity index is 253. The van der Waals surface area contributed by atoms with Crippen molar-refractivity contribution in [1.82, 2.24) is 9.62 Å². The molecule has 2 atom stereocenters. The molecule has 0 saturated carbocycles. The summed E-state index contributed by atoms with van der Waals surface area (Å²) in [7, 11) is -3.03. The van der Waals surface area contributed by atoms with Crippen LogP contribution in [0.3, 0.4) is 0 Å². The first-order valence-corrected chi connectivity index (χ1v) is 6.32. The maximum atomic E-state index is 11.7. The third kappa shape index (κ3) is 2.21. The van der Waals surface area contributed by atoms with Gasteiger partial charge < -0.3 is 5.32 Å². The predicted molar refractivity (Wildman–Crippen MR) is 53.1 cm³/mol. The zero-order valence-corrected chi connectivity index (χ0v) is 9.26.